The smallest absolute Gasteiger partial charge is 0.253 e. The van der Waals surface area contributed by atoms with Gasteiger partial charge in [-0.25, -0.2) is 0 Å². The van der Waals surface area contributed by atoms with Gasteiger partial charge in [0.2, 0.25) is 0 Å². The summed E-state index contributed by atoms with van der Waals surface area (Å²) in [5, 5.41) is 9.43. The first kappa shape index (κ1) is 16.0. The molecule has 2 aromatic carbocycles. The van der Waals surface area contributed by atoms with Crippen LogP contribution in [0.2, 0.25) is 0 Å². The van der Waals surface area contributed by atoms with Crippen LogP contribution in [-0.2, 0) is 13.2 Å². The quantitative estimate of drug-likeness (QED) is 0.922. The van der Waals surface area contributed by atoms with Gasteiger partial charge in [-0.3, -0.25) is 4.79 Å². The zero-order valence-corrected chi connectivity index (χ0v) is 13.3. The molecule has 0 spiro atoms. The Morgan fingerprint density at radius 2 is 1.77 bits per heavy atom. The van der Waals surface area contributed by atoms with Crippen LogP contribution in [-0.4, -0.2) is 37.1 Å². The number of hydrogen-bond acceptors (Lipinski definition) is 3. The summed E-state index contributed by atoms with van der Waals surface area (Å²) in [7, 11) is 5.48. The van der Waals surface area contributed by atoms with Crippen LogP contribution in [0.25, 0.3) is 0 Å². The van der Waals surface area contributed by atoms with Gasteiger partial charge < -0.3 is 14.9 Å². The molecule has 0 aliphatic rings. The van der Waals surface area contributed by atoms with Crippen molar-refractivity contribution in [2.75, 3.05) is 26.0 Å². The molecular weight excluding hydrogens is 276 g/mol. The molecule has 1 N–H and O–H groups in total. The number of carbonyl (C=O) groups excluding carboxylic acids is 1. The van der Waals surface area contributed by atoms with E-state index in [9.17, 15) is 9.90 Å². The van der Waals surface area contributed by atoms with Crippen LogP contribution < -0.4 is 4.90 Å². The Labute approximate surface area is 131 Å². The van der Waals surface area contributed by atoms with Gasteiger partial charge in [0.25, 0.3) is 5.91 Å². The lowest BCUT2D eigenvalue weighted by molar-refractivity contribution is 0.0827. The van der Waals surface area contributed by atoms with E-state index in [1.165, 1.54) is 0 Å². The number of benzene rings is 2. The second kappa shape index (κ2) is 7.09. The Morgan fingerprint density at radius 1 is 1.05 bits per heavy atom. The molecule has 0 aliphatic carbocycles. The van der Waals surface area contributed by atoms with Crippen molar-refractivity contribution in [2.45, 2.75) is 13.2 Å². The Hall–Kier alpha value is -2.33. The summed E-state index contributed by atoms with van der Waals surface area (Å²) in [6.07, 6.45) is 0. The maximum atomic E-state index is 12.0. The Balaban J connectivity index is 2.20. The van der Waals surface area contributed by atoms with Crippen molar-refractivity contribution in [3.8, 4) is 0 Å². The van der Waals surface area contributed by atoms with E-state index in [2.05, 4.69) is 4.90 Å². The summed E-state index contributed by atoms with van der Waals surface area (Å²) in [5.74, 6) is 0.000242. The molecule has 2 rings (SSSR count). The number of nitrogens with zero attached hydrogens (tertiary/aromatic N) is 2. The van der Waals surface area contributed by atoms with Crippen molar-refractivity contribution >= 4 is 11.6 Å². The number of carbonyl (C=O) groups is 1. The van der Waals surface area contributed by atoms with E-state index in [0.717, 1.165) is 16.8 Å². The molecule has 0 bridgehead atoms. The van der Waals surface area contributed by atoms with Gasteiger partial charge in [-0.15, -0.1) is 0 Å². The fourth-order valence-corrected chi connectivity index (χ4v) is 2.44. The second-order valence-electron chi connectivity index (χ2n) is 5.54. The van der Waals surface area contributed by atoms with Crippen LogP contribution in [0, 0.1) is 0 Å². The van der Waals surface area contributed by atoms with E-state index >= 15 is 0 Å². The first-order chi connectivity index (χ1) is 10.5. The third kappa shape index (κ3) is 3.65. The van der Waals surface area contributed by atoms with Crippen molar-refractivity contribution in [1.29, 1.82) is 0 Å². The molecule has 1 amide bonds. The molecule has 0 fully saturated rings. The Kier molecular flexibility index (Phi) is 5.17. The van der Waals surface area contributed by atoms with Crippen LogP contribution in [0.1, 0.15) is 21.5 Å². The summed E-state index contributed by atoms with van der Waals surface area (Å²) in [6, 6.07) is 15.4. The van der Waals surface area contributed by atoms with E-state index < -0.39 is 0 Å². The van der Waals surface area contributed by atoms with Gasteiger partial charge >= 0.3 is 0 Å². The van der Waals surface area contributed by atoms with E-state index in [1.54, 1.807) is 19.0 Å². The van der Waals surface area contributed by atoms with Crippen molar-refractivity contribution < 1.29 is 9.90 Å². The molecule has 0 radical (unpaired) electrons. The monoisotopic (exact) mass is 298 g/mol. The van der Waals surface area contributed by atoms with Gasteiger partial charge in [0.15, 0.2) is 0 Å². The predicted octanol–water partition coefficient (Wildman–Crippen LogP) is 2.52. The summed E-state index contributed by atoms with van der Waals surface area (Å²) in [6.45, 7) is 0.686. The average Bonchev–Trinajstić information content (AvgIpc) is 2.54. The Morgan fingerprint density at radius 3 is 2.45 bits per heavy atom. The standard InChI is InChI=1S/C18H22N2O2/c1-19(2)18(22)15-9-6-7-14(11-15)12-20(3)17-10-5-4-8-16(17)13-21/h4-11,21H,12-13H2,1-3H3. The number of para-hydroxylation sites is 1. The molecular formula is C18H22N2O2. The minimum atomic E-state index is 0.000242. The van der Waals surface area contributed by atoms with Crippen molar-refractivity contribution in [1.82, 2.24) is 4.90 Å². The third-order valence-electron chi connectivity index (χ3n) is 3.57. The molecule has 0 saturated carbocycles. The molecule has 4 heteroatoms. The summed E-state index contributed by atoms with van der Waals surface area (Å²) in [5.41, 5.74) is 3.63. The Bertz CT molecular complexity index is 653. The highest BCUT2D eigenvalue weighted by Gasteiger charge is 2.10. The topological polar surface area (TPSA) is 43.8 Å². The first-order valence-corrected chi connectivity index (χ1v) is 7.23. The molecule has 4 nitrogen and oxygen atoms in total. The van der Waals surface area contributed by atoms with Crippen molar-refractivity contribution in [2.24, 2.45) is 0 Å². The molecule has 0 heterocycles. The molecule has 22 heavy (non-hydrogen) atoms. The normalized spacial score (nSPS) is 10.4. The fraction of sp³-hybridized carbons (Fsp3) is 0.278. The predicted molar refractivity (Wildman–Crippen MR) is 88.9 cm³/mol. The van der Waals surface area contributed by atoms with E-state index in [1.807, 2.05) is 55.6 Å². The zero-order valence-electron chi connectivity index (χ0n) is 13.3. The number of rotatable bonds is 5. The van der Waals surface area contributed by atoms with E-state index in [-0.39, 0.29) is 12.5 Å². The number of hydrogen-bond donors (Lipinski definition) is 1. The van der Waals surface area contributed by atoms with Crippen molar-refractivity contribution in [3.63, 3.8) is 0 Å². The average molecular weight is 298 g/mol. The SMILES string of the molecule is CN(C)C(=O)c1cccc(CN(C)c2ccccc2CO)c1. The van der Waals surface area contributed by atoms with Gasteiger partial charge in [-0.05, 0) is 23.8 Å². The van der Waals surface area contributed by atoms with Gasteiger partial charge in [0.1, 0.15) is 0 Å². The lowest BCUT2D eigenvalue weighted by atomic mass is 10.1. The zero-order chi connectivity index (χ0) is 16.1. The minimum Gasteiger partial charge on any atom is -0.392 e. The second-order valence-corrected chi connectivity index (χ2v) is 5.54. The number of aliphatic hydroxyl groups is 1. The van der Waals surface area contributed by atoms with Gasteiger partial charge in [-0.2, -0.15) is 0 Å². The van der Waals surface area contributed by atoms with Gasteiger partial charge in [0.05, 0.1) is 6.61 Å². The molecule has 0 aliphatic heterocycles. The molecule has 116 valence electrons. The van der Waals surface area contributed by atoms with Crippen LogP contribution >= 0.6 is 0 Å². The molecule has 0 aromatic heterocycles. The lowest BCUT2D eigenvalue weighted by Gasteiger charge is -2.22. The maximum Gasteiger partial charge on any atom is 0.253 e. The fourth-order valence-electron chi connectivity index (χ4n) is 2.44. The lowest BCUT2D eigenvalue weighted by Crippen LogP contribution is -2.22. The largest absolute Gasteiger partial charge is 0.392 e. The van der Waals surface area contributed by atoms with Crippen LogP contribution in [0.4, 0.5) is 5.69 Å². The molecule has 0 unspecified atom stereocenters. The maximum absolute atomic E-state index is 12.0. The van der Waals surface area contributed by atoms with Crippen molar-refractivity contribution in [3.05, 3.63) is 65.2 Å². The van der Waals surface area contributed by atoms with Crippen LogP contribution in [0.15, 0.2) is 48.5 Å². The highest BCUT2D eigenvalue weighted by atomic mass is 16.3. The summed E-state index contributed by atoms with van der Waals surface area (Å²) in [4.78, 5) is 15.7. The third-order valence-corrected chi connectivity index (χ3v) is 3.57. The number of amides is 1. The van der Waals surface area contributed by atoms with Gasteiger partial charge in [-0.1, -0.05) is 30.3 Å². The minimum absolute atomic E-state index is 0.000242. The van der Waals surface area contributed by atoms with Crippen LogP contribution in [0.3, 0.4) is 0 Å². The summed E-state index contributed by atoms with van der Waals surface area (Å²) >= 11 is 0. The molecule has 0 saturated heterocycles. The number of anilines is 1. The highest BCUT2D eigenvalue weighted by molar-refractivity contribution is 5.94. The highest BCUT2D eigenvalue weighted by Crippen LogP contribution is 2.21. The number of aliphatic hydroxyl groups excluding tert-OH is 1. The van der Waals surface area contributed by atoms with Crippen LogP contribution in [0.5, 0.6) is 0 Å². The van der Waals surface area contributed by atoms with E-state index in [0.29, 0.717) is 12.1 Å². The molecule has 2 aromatic rings. The first-order valence-electron chi connectivity index (χ1n) is 7.23. The molecule has 0 atom stereocenters. The van der Waals surface area contributed by atoms with Gasteiger partial charge in [0, 0.05) is 44.5 Å². The summed E-state index contributed by atoms with van der Waals surface area (Å²) < 4.78 is 0. The van der Waals surface area contributed by atoms with E-state index in [4.69, 9.17) is 0 Å².